The highest BCUT2D eigenvalue weighted by Crippen LogP contribution is 2.20. The van der Waals surface area contributed by atoms with E-state index in [0.717, 1.165) is 5.92 Å². The number of benzene rings is 2. The summed E-state index contributed by atoms with van der Waals surface area (Å²) in [4.78, 5) is 0. The lowest BCUT2D eigenvalue weighted by Gasteiger charge is -2.07. The van der Waals surface area contributed by atoms with Crippen molar-refractivity contribution in [2.24, 2.45) is 5.92 Å². The van der Waals surface area contributed by atoms with Gasteiger partial charge in [-0.2, -0.15) is 0 Å². The smallest absolute Gasteiger partial charge is 0.0155 e. The van der Waals surface area contributed by atoms with Crippen LogP contribution < -0.4 is 0 Å². The molecule has 92 valence electrons. The normalized spacial score (nSPS) is 10.2. The van der Waals surface area contributed by atoms with Crippen LogP contribution in [0, 0.1) is 12.8 Å². The Morgan fingerprint density at radius 3 is 2.35 bits per heavy atom. The molecule has 0 spiro atoms. The molecule has 0 unspecified atom stereocenters. The summed E-state index contributed by atoms with van der Waals surface area (Å²) in [5, 5.41) is 2.75. The largest absolute Gasteiger partial charge is 0.0683 e. The molecule has 0 nitrogen and oxygen atoms in total. The van der Waals surface area contributed by atoms with Crippen molar-refractivity contribution in [1.29, 1.82) is 0 Å². The van der Waals surface area contributed by atoms with E-state index < -0.39 is 0 Å². The number of rotatable bonds is 2. The van der Waals surface area contributed by atoms with Gasteiger partial charge in [-0.25, -0.2) is 0 Å². The van der Waals surface area contributed by atoms with Crippen LogP contribution in [0.5, 0.6) is 0 Å². The maximum atomic E-state index is 2.32. The minimum absolute atomic E-state index is 0.729. The molecular weight excluding hydrogens is 204 g/mol. The summed E-state index contributed by atoms with van der Waals surface area (Å²) in [6.45, 7) is 10.7. The van der Waals surface area contributed by atoms with Gasteiger partial charge in [-0.15, -0.1) is 0 Å². The van der Waals surface area contributed by atoms with Crippen molar-refractivity contribution in [3.8, 4) is 0 Å². The predicted molar refractivity (Wildman–Crippen MR) is 78.6 cm³/mol. The molecular formula is C17H24. The molecule has 0 saturated carbocycles. The van der Waals surface area contributed by atoms with E-state index in [1.165, 1.54) is 28.3 Å². The lowest BCUT2D eigenvalue weighted by molar-refractivity contribution is 0.648. The second-order valence-electron chi connectivity index (χ2n) is 4.73. The molecule has 2 aromatic rings. The molecule has 0 aliphatic carbocycles. The average Bonchev–Trinajstić information content (AvgIpc) is 2.31. The van der Waals surface area contributed by atoms with E-state index in [4.69, 9.17) is 0 Å². The molecule has 2 aromatic carbocycles. The highest BCUT2D eigenvalue weighted by molar-refractivity contribution is 5.86. The molecule has 17 heavy (non-hydrogen) atoms. The minimum Gasteiger partial charge on any atom is -0.0683 e. The summed E-state index contributed by atoms with van der Waals surface area (Å²) in [7, 11) is 0. The molecule has 0 heterocycles. The molecule has 0 aliphatic rings. The van der Waals surface area contributed by atoms with Crippen LogP contribution in [0.25, 0.3) is 10.8 Å². The Morgan fingerprint density at radius 1 is 1.00 bits per heavy atom. The quantitative estimate of drug-likeness (QED) is 0.648. The fourth-order valence-electron chi connectivity index (χ4n) is 2.09. The van der Waals surface area contributed by atoms with Gasteiger partial charge < -0.3 is 0 Å². The van der Waals surface area contributed by atoms with Gasteiger partial charge >= 0.3 is 0 Å². The van der Waals surface area contributed by atoms with Crippen molar-refractivity contribution in [2.75, 3.05) is 0 Å². The highest BCUT2D eigenvalue weighted by atomic mass is 14.1. The van der Waals surface area contributed by atoms with Crippen molar-refractivity contribution in [2.45, 2.75) is 41.0 Å². The summed E-state index contributed by atoms with van der Waals surface area (Å²) in [6.07, 6.45) is 1.17. The summed E-state index contributed by atoms with van der Waals surface area (Å²) in [6, 6.07) is 13.3. The minimum atomic E-state index is 0.729. The standard InChI is InChI=1S/C15H18.C2H6/c1-11(2)9-13-7-8-15-12(3)5-4-6-14(15)10-13;1-2/h4-8,10-11H,9H2,1-3H3;1-2H3. The Kier molecular flexibility index (Phi) is 5.21. The third-order valence-corrected chi connectivity index (χ3v) is 2.81. The highest BCUT2D eigenvalue weighted by Gasteiger charge is 2.00. The van der Waals surface area contributed by atoms with Gasteiger partial charge in [0, 0.05) is 0 Å². The third kappa shape index (κ3) is 3.59. The molecule has 0 aliphatic heterocycles. The summed E-state index contributed by atoms with van der Waals surface area (Å²) >= 11 is 0. The number of hydrogen-bond acceptors (Lipinski definition) is 0. The summed E-state index contributed by atoms with van der Waals surface area (Å²) < 4.78 is 0. The van der Waals surface area contributed by atoms with Crippen LogP contribution in [0.4, 0.5) is 0 Å². The van der Waals surface area contributed by atoms with Crippen molar-refractivity contribution in [3.05, 3.63) is 47.5 Å². The number of fused-ring (bicyclic) bond motifs is 1. The first kappa shape index (κ1) is 13.8. The monoisotopic (exact) mass is 228 g/mol. The second-order valence-corrected chi connectivity index (χ2v) is 4.73. The van der Waals surface area contributed by atoms with Gasteiger partial charge in [-0.05, 0) is 41.2 Å². The van der Waals surface area contributed by atoms with Gasteiger partial charge in [0.15, 0.2) is 0 Å². The van der Waals surface area contributed by atoms with Crippen molar-refractivity contribution >= 4 is 10.8 Å². The first-order chi connectivity index (χ1) is 8.16. The zero-order valence-electron chi connectivity index (χ0n) is 11.7. The second kappa shape index (κ2) is 6.44. The fraction of sp³-hybridized carbons (Fsp3) is 0.412. The molecule has 0 heteroatoms. The van der Waals surface area contributed by atoms with Gasteiger partial charge in [0.05, 0.1) is 0 Å². The maximum Gasteiger partial charge on any atom is -0.0155 e. The van der Waals surface area contributed by atoms with Crippen molar-refractivity contribution in [1.82, 2.24) is 0 Å². The van der Waals surface area contributed by atoms with E-state index in [9.17, 15) is 0 Å². The van der Waals surface area contributed by atoms with Crippen molar-refractivity contribution in [3.63, 3.8) is 0 Å². The molecule has 0 aromatic heterocycles. The molecule has 0 atom stereocenters. The SMILES string of the molecule is CC.Cc1cccc2cc(CC(C)C)ccc12. The molecule has 0 saturated heterocycles. The third-order valence-electron chi connectivity index (χ3n) is 2.81. The van der Waals surface area contributed by atoms with E-state index in [0.29, 0.717) is 0 Å². The topological polar surface area (TPSA) is 0 Å². The Bertz CT molecular complexity index is 466. The van der Waals surface area contributed by atoms with Gasteiger partial charge in [0.25, 0.3) is 0 Å². The lowest BCUT2D eigenvalue weighted by Crippen LogP contribution is -1.93. The summed E-state index contributed by atoms with van der Waals surface area (Å²) in [5.74, 6) is 0.729. The fourth-order valence-corrected chi connectivity index (χ4v) is 2.09. The maximum absolute atomic E-state index is 2.32. The Balaban J connectivity index is 0.000000686. The van der Waals surface area contributed by atoms with E-state index >= 15 is 0 Å². The van der Waals surface area contributed by atoms with Gasteiger partial charge in [0.2, 0.25) is 0 Å². The first-order valence-electron chi connectivity index (χ1n) is 6.65. The number of aryl methyl sites for hydroxylation is 1. The molecule has 0 radical (unpaired) electrons. The zero-order chi connectivity index (χ0) is 12.8. The molecule has 0 N–H and O–H groups in total. The molecule has 2 rings (SSSR count). The van der Waals surface area contributed by atoms with E-state index in [1.807, 2.05) is 13.8 Å². The zero-order valence-corrected chi connectivity index (χ0v) is 11.7. The predicted octanol–water partition coefficient (Wildman–Crippen LogP) is 5.37. The van der Waals surface area contributed by atoms with E-state index in [2.05, 4.69) is 57.2 Å². The average molecular weight is 228 g/mol. The number of hydrogen-bond donors (Lipinski definition) is 0. The van der Waals surface area contributed by atoms with Crippen LogP contribution in [-0.4, -0.2) is 0 Å². The molecule has 0 bridgehead atoms. The molecule has 0 fully saturated rings. The Labute approximate surface area is 106 Å². The van der Waals surface area contributed by atoms with Crippen LogP contribution in [0.15, 0.2) is 36.4 Å². The van der Waals surface area contributed by atoms with E-state index in [-0.39, 0.29) is 0 Å². The van der Waals surface area contributed by atoms with Crippen LogP contribution in [0.1, 0.15) is 38.8 Å². The van der Waals surface area contributed by atoms with Gasteiger partial charge in [0.1, 0.15) is 0 Å². The first-order valence-corrected chi connectivity index (χ1v) is 6.65. The summed E-state index contributed by atoms with van der Waals surface area (Å²) in [5.41, 5.74) is 2.81. The van der Waals surface area contributed by atoms with Gasteiger partial charge in [-0.3, -0.25) is 0 Å². The van der Waals surface area contributed by atoms with Crippen LogP contribution in [-0.2, 0) is 6.42 Å². The Hall–Kier alpha value is -1.30. The van der Waals surface area contributed by atoms with Crippen LogP contribution >= 0.6 is 0 Å². The van der Waals surface area contributed by atoms with Crippen LogP contribution in [0.3, 0.4) is 0 Å². The van der Waals surface area contributed by atoms with Gasteiger partial charge in [-0.1, -0.05) is 64.1 Å². The molecule has 0 amide bonds. The van der Waals surface area contributed by atoms with Crippen molar-refractivity contribution < 1.29 is 0 Å². The van der Waals surface area contributed by atoms with Crippen LogP contribution in [0.2, 0.25) is 0 Å². The lowest BCUT2D eigenvalue weighted by atomic mass is 9.98. The van der Waals surface area contributed by atoms with E-state index in [1.54, 1.807) is 0 Å². The Morgan fingerprint density at radius 2 is 1.71 bits per heavy atom.